The average molecular weight is 2290 g/mol. The Kier molecular flexibility index (Phi) is 37.3. The topological polar surface area (TPSA) is 268 Å². The summed E-state index contributed by atoms with van der Waals surface area (Å²) in [6, 6.07) is 55.5. The summed E-state index contributed by atoms with van der Waals surface area (Å²) < 4.78 is 72.0. The van der Waals surface area contributed by atoms with Crippen LogP contribution >= 0.6 is 151 Å². The Morgan fingerprint density at radius 3 is 0.930 bits per heavy atom. The van der Waals surface area contributed by atoms with E-state index in [-0.39, 0.29) is 34.3 Å². The molecule has 1 N–H and O–H groups in total. The van der Waals surface area contributed by atoms with Crippen molar-refractivity contribution in [3.05, 3.63) is 228 Å². The lowest BCUT2D eigenvalue weighted by atomic mass is 10.0. The van der Waals surface area contributed by atoms with Crippen LogP contribution in [0, 0.1) is 0 Å². The van der Waals surface area contributed by atoms with Gasteiger partial charge in [0.25, 0.3) is 0 Å². The van der Waals surface area contributed by atoms with Crippen molar-refractivity contribution in [2.45, 2.75) is 59.2 Å². The second-order valence-electron chi connectivity index (χ2n) is 33.1. The number of phenols is 1. The standard InChI is InChI=1S/C26H27ClN4O3S.C24H21ClN4O2S.C23H19ClN4O2S.C22H20ClN3OS.C3H3ClO.C2HF3O.CH4.BBr3/c1-26(2,3)34-25(32)31-11-9-30(10-12-31)24-20-15-21(27)22(28-23(20)29-35-24)19-14-17(33-4)13-16-7-5-6-8-18(16)19;1-3-21(30)28-8-10-29(11-9-28)24-19-14-20(25)22(26-23(19)27-32-24)18-13-16(31-2)12-15-6-4-5-7-17(15)18;1-2-20(30)27-7-9-28(10-8-27)23-18-13-19(24)21(25-22(18)26-31-23)17-12-15(29)11-14-5-3-4-6-16(14)17;1-27-15-11-14-7-3-4-8-16(14)17(12-15)20-19(23)13-18-21(24-20)25-28-22(18)26-9-5-2-6-10-26;1-2-3(4)5;3-2(4,5)1-6;;2-1(3)4/h5-8,13-15H,9-12H2,1-4H3;3-7,12-14H,1,8-11H2,2H3;2-6,11-13,29H,1,7-10H2;3-4,7-8,11-13H,2,5-6,9-10H2,1H3;2H,1H2;1H;1H4;. The van der Waals surface area contributed by atoms with Crippen LogP contribution in [-0.4, -0.2) is 215 Å². The number of rotatable bonds is 14. The maximum atomic E-state index is 12.4. The second kappa shape index (κ2) is 49.0. The van der Waals surface area contributed by atoms with E-state index in [9.17, 15) is 37.5 Å². The van der Waals surface area contributed by atoms with Crippen molar-refractivity contribution >= 4 is 291 Å². The van der Waals surface area contributed by atoms with Crippen molar-refractivity contribution in [1.29, 1.82) is 0 Å². The van der Waals surface area contributed by atoms with Crippen LogP contribution in [-0.2, 0) is 23.9 Å². The van der Waals surface area contributed by atoms with Crippen molar-refractivity contribution < 1.29 is 61.2 Å². The van der Waals surface area contributed by atoms with Crippen LogP contribution in [0.3, 0.4) is 0 Å². The Hall–Kier alpha value is -11.1. The van der Waals surface area contributed by atoms with Gasteiger partial charge in [0, 0.05) is 114 Å². The Morgan fingerprint density at radius 1 is 0.408 bits per heavy atom. The molecule has 20 rings (SSSR count). The summed E-state index contributed by atoms with van der Waals surface area (Å²) in [6.07, 6.45) is 1.56. The second-order valence-corrected chi connectivity index (χ2v) is 44.5. The summed E-state index contributed by atoms with van der Waals surface area (Å²) in [4.78, 5) is 88.1. The van der Waals surface area contributed by atoms with E-state index in [2.05, 4.69) is 128 Å². The molecule has 0 spiro atoms. The molecule has 4 fully saturated rings. The van der Waals surface area contributed by atoms with E-state index in [1.54, 1.807) is 43.3 Å². The van der Waals surface area contributed by atoms with Gasteiger partial charge in [-0.15, -0.1) is 47.3 Å². The molecule has 3 amide bonds. The number of nitrogens with zero attached hydrogens (tertiary/aromatic N) is 15. The van der Waals surface area contributed by atoms with Crippen LogP contribution in [0.1, 0.15) is 47.5 Å². The van der Waals surface area contributed by atoms with Crippen molar-refractivity contribution in [3.8, 4) is 68.0 Å². The maximum absolute atomic E-state index is 12.4. The first kappa shape index (κ1) is 108. The van der Waals surface area contributed by atoms with Gasteiger partial charge in [0.15, 0.2) is 22.6 Å². The van der Waals surface area contributed by atoms with Crippen LogP contribution in [0.5, 0.6) is 23.0 Å². The van der Waals surface area contributed by atoms with Crippen LogP contribution < -0.4 is 33.8 Å². The molecule has 12 heterocycles. The van der Waals surface area contributed by atoms with Gasteiger partial charge in [-0.1, -0.05) is 171 Å². The minimum absolute atomic E-state index is 0. The fraction of sp³-hybridized carbons (Fsp3) is 0.257. The number of carbonyl (C=O) groups excluding carboxylic acids is 5. The third kappa shape index (κ3) is 26.3. The number of allylic oxidation sites excluding steroid dienone is 1. The van der Waals surface area contributed by atoms with Crippen molar-refractivity contribution in [2.75, 3.05) is 133 Å². The SMILES string of the molecule is BrB(Br)Br.C.C=CC(=O)Cl.C=CC(=O)N1CCN(c2snc3nc(-c4cc(O)cc5ccccc45)c(Cl)cc23)CC1.C=CC(=O)N1CCN(c2snc3nc(-c4cc(OC)cc5ccccc45)c(Cl)cc23)CC1.COc1cc(-c2nc3nsc(N4CCCCC4)c3cc2Cl)c2ccccc2c1.COc1cc(-c2nc3nsc(N4CCN(C(=O)OC(C)(C)C)CC4)c3cc2Cl)c2ccccc2c1.O=CC(F)(F)F. The number of aromatic hydroxyl groups is 1. The van der Waals surface area contributed by atoms with Gasteiger partial charge >= 0.3 is 15.5 Å². The monoisotopic (exact) mass is 2290 g/mol. The average Bonchev–Trinajstić information content (AvgIpc) is 1.61. The normalized spacial score (nSPS) is 13.7. The number of pyridine rings is 4. The van der Waals surface area contributed by atoms with Crippen molar-refractivity contribution in [3.63, 3.8) is 0 Å². The molecule has 4 aliphatic heterocycles. The lowest BCUT2D eigenvalue weighted by molar-refractivity contribution is -0.156. The third-order valence-corrected chi connectivity index (χ3v) is 27.9. The van der Waals surface area contributed by atoms with Gasteiger partial charge in [-0.3, -0.25) is 19.2 Å². The number of aldehydes is 1. The summed E-state index contributed by atoms with van der Waals surface area (Å²) in [5, 5.41) is 28.3. The molecule has 4 saturated heterocycles. The smallest absolute Gasteiger partial charge is 0.446 e. The number of piperazine rings is 3. The Balaban J connectivity index is 0.000000151. The molecule has 0 radical (unpaired) electrons. The van der Waals surface area contributed by atoms with E-state index >= 15 is 0 Å². The molecule has 0 atom stereocenters. The first-order chi connectivity index (χ1) is 67.7. The number of alkyl halides is 3. The minimum Gasteiger partial charge on any atom is -0.508 e. The van der Waals surface area contributed by atoms with Gasteiger partial charge in [-0.05, 0) is 232 Å². The lowest BCUT2D eigenvalue weighted by Gasteiger charge is -2.36. The molecule has 738 valence electrons. The molecule has 25 nitrogen and oxygen atoms in total. The summed E-state index contributed by atoms with van der Waals surface area (Å²) in [7, 11) is 4.99. The zero-order valence-corrected chi connectivity index (χ0v) is 88.6. The van der Waals surface area contributed by atoms with Gasteiger partial charge in [-0.25, -0.2) is 24.7 Å². The molecule has 8 aromatic carbocycles. The number of benzene rings is 8. The maximum Gasteiger partial charge on any atom is 0.446 e. The zero-order valence-electron chi connectivity index (χ0n) is 76.8. The summed E-state index contributed by atoms with van der Waals surface area (Å²) >= 11 is 46.8. The number of amides is 3. The summed E-state index contributed by atoms with van der Waals surface area (Å²) in [5.41, 5.74) is 8.48. The highest BCUT2D eigenvalue weighted by Gasteiger charge is 2.32. The fourth-order valence-corrected chi connectivity index (χ4v) is 20.8. The Labute approximate surface area is 884 Å². The van der Waals surface area contributed by atoms with E-state index in [1.807, 2.05) is 159 Å². The number of carbonyl (C=O) groups is 5. The molecular formula is C101H95BBr3Cl5F3N15O10S4. The molecule has 0 aliphatic carbocycles. The number of ether oxygens (including phenoxy) is 4. The van der Waals surface area contributed by atoms with E-state index in [0.717, 1.165) is 163 Å². The molecule has 142 heavy (non-hydrogen) atoms. The number of fused-ring (bicyclic) bond motifs is 8. The number of phenolic OH excluding ortho intramolecular Hbond substituents is 1. The van der Waals surface area contributed by atoms with E-state index in [0.29, 0.717) is 120 Å². The Morgan fingerprint density at radius 2 is 0.669 bits per heavy atom. The first-order valence-corrected chi connectivity index (χ1v) is 51.8. The first-order valence-electron chi connectivity index (χ1n) is 44.0. The predicted molar refractivity (Wildman–Crippen MR) is 589 cm³/mol. The molecular weight excluding hydrogens is 2200 g/mol. The van der Waals surface area contributed by atoms with Crippen LogP contribution in [0.15, 0.2) is 208 Å². The predicted octanol–water partition coefficient (Wildman–Crippen LogP) is 26.6. The number of aromatic nitrogens is 8. The highest BCUT2D eigenvalue weighted by atomic mass is 79.9. The van der Waals surface area contributed by atoms with Crippen LogP contribution in [0.4, 0.5) is 38.0 Å². The highest BCUT2D eigenvalue weighted by Crippen LogP contribution is 2.47. The van der Waals surface area contributed by atoms with Crippen molar-refractivity contribution in [2.24, 2.45) is 0 Å². The van der Waals surface area contributed by atoms with Gasteiger partial charge in [0.2, 0.25) is 23.3 Å². The van der Waals surface area contributed by atoms with Gasteiger partial charge in [-0.2, -0.15) is 30.7 Å². The quantitative estimate of drug-likeness (QED) is 0.0458. The van der Waals surface area contributed by atoms with Crippen LogP contribution in [0.2, 0.25) is 20.1 Å². The van der Waals surface area contributed by atoms with Crippen molar-refractivity contribution in [1.82, 2.24) is 52.1 Å². The highest BCUT2D eigenvalue weighted by molar-refractivity contribution is 9.69. The molecule has 0 saturated carbocycles. The Bertz CT molecular complexity index is 7340. The van der Waals surface area contributed by atoms with Gasteiger partial charge < -0.3 is 58.4 Å². The molecule has 8 aromatic heterocycles. The molecule has 41 heteroatoms. The number of piperidine rings is 1. The third-order valence-electron chi connectivity index (χ3n) is 23.0. The number of halogens is 11. The largest absolute Gasteiger partial charge is 0.508 e. The minimum atomic E-state index is -4.64. The van der Waals surface area contributed by atoms with E-state index < -0.39 is 23.3 Å². The zero-order chi connectivity index (χ0) is 101. The fourth-order valence-electron chi connectivity index (χ4n) is 16.3. The number of hydrogen-bond donors (Lipinski definition) is 1. The van der Waals surface area contributed by atoms with E-state index in [1.165, 1.54) is 82.5 Å². The number of hydrogen-bond acceptors (Lipinski definition) is 26. The van der Waals surface area contributed by atoms with Gasteiger partial charge in [0.05, 0.1) is 85.7 Å². The molecule has 0 unspecified atom stereocenters. The molecule has 4 aliphatic rings. The molecule has 16 aromatic rings. The van der Waals surface area contributed by atoms with Crippen LogP contribution in [0.25, 0.3) is 132 Å². The van der Waals surface area contributed by atoms with E-state index in [4.69, 9.17) is 102 Å². The summed E-state index contributed by atoms with van der Waals surface area (Å²) in [5.74, 6) is 2.39. The lowest BCUT2D eigenvalue weighted by Crippen LogP contribution is -2.50. The molecule has 0 bridgehead atoms. The summed E-state index contributed by atoms with van der Waals surface area (Å²) in [6.45, 7) is 26.0. The number of anilines is 4. The number of methoxy groups -OCH3 is 3. The van der Waals surface area contributed by atoms with Gasteiger partial charge in [0.1, 0.15) is 48.6 Å².